The van der Waals surface area contributed by atoms with Crippen LogP contribution in [0.2, 0.25) is 0 Å². The van der Waals surface area contributed by atoms with Crippen molar-refractivity contribution in [3.8, 4) is 17.1 Å². The summed E-state index contributed by atoms with van der Waals surface area (Å²) in [7, 11) is 0. The Kier molecular flexibility index (Phi) is 5.23. The first kappa shape index (κ1) is 17.5. The second kappa shape index (κ2) is 7.74. The highest BCUT2D eigenvalue weighted by Crippen LogP contribution is 2.28. The number of esters is 1. The predicted molar refractivity (Wildman–Crippen MR) is 91.0 cm³/mol. The van der Waals surface area contributed by atoms with Gasteiger partial charge < -0.3 is 14.0 Å². The second-order valence-electron chi connectivity index (χ2n) is 4.97. The van der Waals surface area contributed by atoms with Crippen molar-refractivity contribution >= 4 is 23.0 Å². The molecule has 0 atom stereocenters. The van der Waals surface area contributed by atoms with Crippen LogP contribution in [0.4, 0.5) is 5.69 Å². The predicted octanol–water partition coefficient (Wildman–Crippen LogP) is 3.46. The topological polar surface area (TPSA) is 118 Å². The van der Waals surface area contributed by atoms with E-state index < -0.39 is 10.9 Å². The lowest BCUT2D eigenvalue weighted by atomic mass is 10.2. The van der Waals surface area contributed by atoms with Crippen molar-refractivity contribution in [3.63, 3.8) is 0 Å². The third kappa shape index (κ3) is 3.86. The van der Waals surface area contributed by atoms with Gasteiger partial charge in [0.2, 0.25) is 5.82 Å². The number of carbonyl (C=O) groups is 1. The molecule has 26 heavy (non-hydrogen) atoms. The van der Waals surface area contributed by atoms with Crippen molar-refractivity contribution < 1.29 is 23.7 Å². The lowest BCUT2D eigenvalue weighted by molar-refractivity contribution is -0.385. The Morgan fingerprint density at radius 2 is 2.23 bits per heavy atom. The van der Waals surface area contributed by atoms with Crippen LogP contribution < -0.4 is 4.74 Å². The van der Waals surface area contributed by atoms with Crippen LogP contribution in [0.3, 0.4) is 0 Å². The number of aromatic nitrogens is 2. The van der Waals surface area contributed by atoms with E-state index in [0.29, 0.717) is 5.82 Å². The van der Waals surface area contributed by atoms with Crippen LogP contribution in [-0.2, 0) is 11.3 Å². The summed E-state index contributed by atoms with van der Waals surface area (Å²) in [5.74, 6) is -0.133. The number of benzene rings is 1. The van der Waals surface area contributed by atoms with Crippen LogP contribution in [0.5, 0.6) is 5.75 Å². The van der Waals surface area contributed by atoms with E-state index in [1.807, 2.05) is 16.8 Å². The van der Waals surface area contributed by atoms with Gasteiger partial charge in [0.05, 0.1) is 17.1 Å². The number of carbonyl (C=O) groups excluding carboxylic acids is 1. The van der Waals surface area contributed by atoms with E-state index in [-0.39, 0.29) is 36.1 Å². The van der Waals surface area contributed by atoms with Crippen molar-refractivity contribution in [2.24, 2.45) is 0 Å². The molecule has 134 valence electrons. The zero-order valence-corrected chi connectivity index (χ0v) is 14.4. The molecule has 2 heterocycles. The summed E-state index contributed by atoms with van der Waals surface area (Å²) >= 11 is 1.50. The molecule has 9 nitrogen and oxygen atoms in total. The Labute approximate surface area is 151 Å². The number of nitro benzene ring substituents is 1. The number of ether oxygens (including phenoxy) is 2. The van der Waals surface area contributed by atoms with E-state index in [0.717, 1.165) is 11.6 Å². The fourth-order valence-electron chi connectivity index (χ4n) is 2.10. The molecule has 0 spiro atoms. The molecule has 0 unspecified atom stereocenters. The molecule has 0 saturated heterocycles. The van der Waals surface area contributed by atoms with Gasteiger partial charge in [0, 0.05) is 17.0 Å². The van der Waals surface area contributed by atoms with E-state index in [9.17, 15) is 14.9 Å². The molecule has 0 N–H and O–H groups in total. The van der Waals surface area contributed by atoms with Gasteiger partial charge in [0.1, 0.15) is 0 Å². The average molecular weight is 375 g/mol. The molecular formula is C16H13N3O6S. The van der Waals surface area contributed by atoms with Crippen molar-refractivity contribution in [3.05, 3.63) is 56.6 Å². The maximum Gasteiger partial charge on any atom is 0.338 e. The normalized spacial score (nSPS) is 10.5. The monoisotopic (exact) mass is 375 g/mol. The maximum atomic E-state index is 12.1. The van der Waals surface area contributed by atoms with E-state index in [1.165, 1.54) is 23.5 Å². The highest BCUT2D eigenvalue weighted by atomic mass is 32.1. The van der Waals surface area contributed by atoms with Crippen molar-refractivity contribution in [2.75, 3.05) is 6.61 Å². The van der Waals surface area contributed by atoms with Crippen molar-refractivity contribution in [1.82, 2.24) is 10.1 Å². The van der Waals surface area contributed by atoms with Gasteiger partial charge in [-0.05, 0) is 30.5 Å². The van der Waals surface area contributed by atoms with Gasteiger partial charge in [-0.1, -0.05) is 5.16 Å². The minimum absolute atomic E-state index is 0.0257. The zero-order chi connectivity index (χ0) is 18.5. The Bertz CT molecular complexity index is 922. The second-order valence-corrected chi connectivity index (χ2v) is 5.75. The fraction of sp³-hybridized carbons (Fsp3) is 0.188. The maximum absolute atomic E-state index is 12.1. The highest BCUT2D eigenvalue weighted by Gasteiger charge is 2.20. The van der Waals surface area contributed by atoms with Gasteiger partial charge in [0.15, 0.2) is 12.4 Å². The molecule has 0 saturated carbocycles. The van der Waals surface area contributed by atoms with Crippen LogP contribution >= 0.6 is 11.3 Å². The summed E-state index contributed by atoms with van der Waals surface area (Å²) < 4.78 is 15.3. The Morgan fingerprint density at radius 1 is 1.38 bits per heavy atom. The number of nitro groups is 1. The van der Waals surface area contributed by atoms with Crippen LogP contribution in [0.25, 0.3) is 11.4 Å². The van der Waals surface area contributed by atoms with E-state index >= 15 is 0 Å². The van der Waals surface area contributed by atoms with Gasteiger partial charge in [0.25, 0.3) is 5.89 Å². The molecule has 3 aromatic rings. The first-order valence-electron chi connectivity index (χ1n) is 7.52. The summed E-state index contributed by atoms with van der Waals surface area (Å²) in [5.41, 5.74) is 0.523. The molecule has 2 aromatic heterocycles. The van der Waals surface area contributed by atoms with Gasteiger partial charge in [-0.25, -0.2) is 4.79 Å². The lowest BCUT2D eigenvalue weighted by Crippen LogP contribution is -2.07. The molecule has 0 amide bonds. The standard InChI is InChI=1S/C16H13N3O6S/c1-2-23-13-4-3-10(7-12(13)19(21)22)16(20)24-8-14-17-15(18-25-14)11-5-6-26-9-11/h3-7,9H,2,8H2,1H3. The van der Waals surface area contributed by atoms with Crippen LogP contribution in [0.1, 0.15) is 23.2 Å². The van der Waals surface area contributed by atoms with Gasteiger partial charge in [-0.2, -0.15) is 16.3 Å². The molecule has 3 rings (SSSR count). The number of hydrogen-bond acceptors (Lipinski definition) is 9. The summed E-state index contributed by atoms with van der Waals surface area (Å²) in [5, 5.41) is 18.6. The minimum atomic E-state index is -0.744. The molecule has 1 aromatic carbocycles. The van der Waals surface area contributed by atoms with Crippen LogP contribution in [0, 0.1) is 10.1 Å². The average Bonchev–Trinajstić information content (AvgIpc) is 3.31. The molecule has 0 aliphatic rings. The Hall–Kier alpha value is -3.27. The number of rotatable bonds is 7. The van der Waals surface area contributed by atoms with Gasteiger partial charge in [-0.3, -0.25) is 10.1 Å². The molecule has 0 aliphatic carbocycles. The Balaban J connectivity index is 1.68. The zero-order valence-electron chi connectivity index (χ0n) is 13.6. The van der Waals surface area contributed by atoms with E-state index in [1.54, 1.807) is 6.92 Å². The largest absolute Gasteiger partial charge is 0.487 e. The van der Waals surface area contributed by atoms with Crippen molar-refractivity contribution in [1.29, 1.82) is 0 Å². The summed E-state index contributed by atoms with van der Waals surface area (Å²) in [6.45, 7) is 1.74. The van der Waals surface area contributed by atoms with Crippen molar-refractivity contribution in [2.45, 2.75) is 13.5 Å². The quantitative estimate of drug-likeness (QED) is 0.350. The molecule has 0 bridgehead atoms. The molecular weight excluding hydrogens is 362 g/mol. The van der Waals surface area contributed by atoms with Crippen LogP contribution in [0.15, 0.2) is 39.5 Å². The van der Waals surface area contributed by atoms with E-state index in [2.05, 4.69) is 10.1 Å². The third-order valence-corrected chi connectivity index (χ3v) is 3.95. The molecule has 0 aliphatic heterocycles. The van der Waals surface area contributed by atoms with Gasteiger partial charge >= 0.3 is 11.7 Å². The number of thiophene rings is 1. The highest BCUT2D eigenvalue weighted by molar-refractivity contribution is 7.08. The Morgan fingerprint density at radius 3 is 2.92 bits per heavy atom. The SMILES string of the molecule is CCOc1ccc(C(=O)OCc2nc(-c3ccsc3)no2)cc1[N+](=O)[O-]. The molecule has 10 heteroatoms. The minimum Gasteiger partial charge on any atom is -0.487 e. The summed E-state index contributed by atoms with van der Waals surface area (Å²) in [6.07, 6.45) is 0. The fourth-order valence-corrected chi connectivity index (χ4v) is 2.73. The first-order chi connectivity index (χ1) is 12.6. The van der Waals surface area contributed by atoms with Gasteiger partial charge in [-0.15, -0.1) is 0 Å². The molecule has 0 fully saturated rings. The third-order valence-electron chi connectivity index (χ3n) is 3.27. The van der Waals surface area contributed by atoms with Crippen LogP contribution in [-0.4, -0.2) is 27.6 Å². The number of hydrogen-bond donors (Lipinski definition) is 0. The van der Waals surface area contributed by atoms with E-state index in [4.69, 9.17) is 14.0 Å². The first-order valence-corrected chi connectivity index (χ1v) is 8.46. The summed E-state index contributed by atoms with van der Waals surface area (Å²) in [4.78, 5) is 26.7. The lowest BCUT2D eigenvalue weighted by Gasteiger charge is -2.06. The molecule has 0 radical (unpaired) electrons. The smallest absolute Gasteiger partial charge is 0.338 e. The summed E-state index contributed by atoms with van der Waals surface area (Å²) in [6, 6.07) is 5.70. The number of nitrogens with zero attached hydrogens (tertiary/aromatic N) is 3.